The van der Waals surface area contributed by atoms with Gasteiger partial charge in [-0.3, -0.25) is 11.3 Å². The fourth-order valence-electron chi connectivity index (χ4n) is 3.04. The summed E-state index contributed by atoms with van der Waals surface area (Å²) in [4.78, 5) is 4.55. The Bertz CT molecular complexity index is 377. The van der Waals surface area contributed by atoms with Gasteiger partial charge in [0.05, 0.1) is 10.7 Å². The summed E-state index contributed by atoms with van der Waals surface area (Å²) < 4.78 is 0. The molecule has 1 aliphatic rings. The van der Waals surface area contributed by atoms with E-state index in [1.54, 1.807) is 11.3 Å². The SMILES string of the molecule is Cc1nc(CC(NN)C2CCC(C)C(C)C2)cs1. The zero-order valence-corrected chi connectivity index (χ0v) is 12.5. The Morgan fingerprint density at radius 2 is 2.22 bits per heavy atom. The van der Waals surface area contributed by atoms with Crippen molar-refractivity contribution in [2.24, 2.45) is 23.6 Å². The van der Waals surface area contributed by atoms with Crippen LogP contribution in [0.4, 0.5) is 0 Å². The molecule has 0 amide bonds. The fraction of sp³-hybridized carbons (Fsp3) is 0.786. The Hall–Kier alpha value is -0.450. The van der Waals surface area contributed by atoms with E-state index < -0.39 is 0 Å². The third kappa shape index (κ3) is 3.31. The van der Waals surface area contributed by atoms with Gasteiger partial charge in [0.1, 0.15) is 0 Å². The van der Waals surface area contributed by atoms with E-state index in [2.05, 4.69) is 36.6 Å². The third-order valence-electron chi connectivity index (χ3n) is 4.52. The maximum absolute atomic E-state index is 5.76. The van der Waals surface area contributed by atoms with Crippen LogP contribution in [0.1, 0.15) is 43.8 Å². The van der Waals surface area contributed by atoms with Crippen molar-refractivity contribution in [1.82, 2.24) is 10.4 Å². The van der Waals surface area contributed by atoms with Gasteiger partial charge < -0.3 is 0 Å². The predicted molar refractivity (Wildman–Crippen MR) is 77.3 cm³/mol. The van der Waals surface area contributed by atoms with Gasteiger partial charge in [-0.05, 0) is 37.5 Å². The highest BCUT2D eigenvalue weighted by atomic mass is 32.1. The minimum Gasteiger partial charge on any atom is -0.271 e. The molecule has 1 saturated carbocycles. The summed E-state index contributed by atoms with van der Waals surface area (Å²) in [6.45, 7) is 6.80. The minimum atomic E-state index is 0.376. The molecule has 1 aliphatic carbocycles. The Kier molecular flexibility index (Phi) is 4.76. The summed E-state index contributed by atoms with van der Waals surface area (Å²) in [6, 6.07) is 0.376. The van der Waals surface area contributed by atoms with Crippen molar-refractivity contribution in [2.75, 3.05) is 0 Å². The lowest BCUT2D eigenvalue weighted by Gasteiger charge is -2.36. The van der Waals surface area contributed by atoms with Gasteiger partial charge in [0.15, 0.2) is 0 Å². The highest BCUT2D eigenvalue weighted by molar-refractivity contribution is 7.09. The number of hydrogen-bond donors (Lipinski definition) is 2. The number of nitrogens with one attached hydrogen (secondary N) is 1. The lowest BCUT2D eigenvalue weighted by molar-refractivity contribution is 0.170. The molecular formula is C14H25N3S. The summed E-state index contributed by atoms with van der Waals surface area (Å²) in [7, 11) is 0. The van der Waals surface area contributed by atoms with E-state index in [0.717, 1.165) is 23.3 Å². The summed E-state index contributed by atoms with van der Waals surface area (Å²) >= 11 is 1.72. The minimum absolute atomic E-state index is 0.376. The molecule has 0 bridgehead atoms. The number of thiazole rings is 1. The molecule has 4 atom stereocenters. The molecule has 3 nitrogen and oxygen atoms in total. The molecule has 0 radical (unpaired) electrons. The molecule has 102 valence electrons. The maximum Gasteiger partial charge on any atom is 0.0897 e. The first-order chi connectivity index (χ1) is 8.60. The number of hydrazine groups is 1. The molecular weight excluding hydrogens is 242 g/mol. The molecule has 4 heteroatoms. The summed E-state index contributed by atoms with van der Waals surface area (Å²) in [5, 5.41) is 3.31. The first-order valence-corrected chi connectivity index (χ1v) is 7.85. The first kappa shape index (κ1) is 14.0. The average Bonchev–Trinajstić information content (AvgIpc) is 2.75. The highest BCUT2D eigenvalue weighted by Crippen LogP contribution is 2.35. The van der Waals surface area contributed by atoms with Crippen LogP contribution in [0, 0.1) is 24.7 Å². The maximum atomic E-state index is 5.76. The average molecular weight is 267 g/mol. The lowest BCUT2D eigenvalue weighted by atomic mass is 9.72. The van der Waals surface area contributed by atoms with Crippen molar-refractivity contribution >= 4 is 11.3 Å². The first-order valence-electron chi connectivity index (χ1n) is 6.97. The number of aryl methyl sites for hydroxylation is 1. The number of aromatic nitrogens is 1. The largest absolute Gasteiger partial charge is 0.271 e. The van der Waals surface area contributed by atoms with Gasteiger partial charge in [-0.1, -0.05) is 20.3 Å². The number of hydrogen-bond acceptors (Lipinski definition) is 4. The van der Waals surface area contributed by atoms with E-state index in [-0.39, 0.29) is 0 Å². The smallest absolute Gasteiger partial charge is 0.0897 e. The van der Waals surface area contributed by atoms with E-state index >= 15 is 0 Å². The molecule has 3 N–H and O–H groups in total. The molecule has 0 saturated heterocycles. The van der Waals surface area contributed by atoms with E-state index in [1.165, 1.54) is 25.0 Å². The summed E-state index contributed by atoms with van der Waals surface area (Å²) in [5.74, 6) is 8.14. The third-order valence-corrected chi connectivity index (χ3v) is 5.34. The molecule has 1 aromatic rings. The highest BCUT2D eigenvalue weighted by Gasteiger charge is 2.30. The molecule has 0 aromatic carbocycles. The Morgan fingerprint density at radius 1 is 1.44 bits per heavy atom. The van der Waals surface area contributed by atoms with Crippen LogP contribution in [-0.2, 0) is 6.42 Å². The molecule has 4 unspecified atom stereocenters. The van der Waals surface area contributed by atoms with Gasteiger partial charge in [0.25, 0.3) is 0 Å². The van der Waals surface area contributed by atoms with Crippen molar-refractivity contribution in [3.8, 4) is 0 Å². The normalized spacial score (nSPS) is 30.3. The molecule has 0 spiro atoms. The van der Waals surface area contributed by atoms with E-state index in [1.807, 2.05) is 0 Å². The molecule has 1 aromatic heterocycles. The Morgan fingerprint density at radius 3 is 2.78 bits per heavy atom. The van der Waals surface area contributed by atoms with Crippen LogP contribution in [0.2, 0.25) is 0 Å². The van der Waals surface area contributed by atoms with Crippen LogP contribution in [0.5, 0.6) is 0 Å². The van der Waals surface area contributed by atoms with E-state index in [4.69, 9.17) is 5.84 Å². The van der Waals surface area contributed by atoms with Gasteiger partial charge in [-0.2, -0.15) is 0 Å². The second-order valence-electron chi connectivity index (χ2n) is 5.86. The Labute approximate surface area is 114 Å². The number of nitrogens with zero attached hydrogens (tertiary/aromatic N) is 1. The Balaban J connectivity index is 1.96. The van der Waals surface area contributed by atoms with Crippen LogP contribution in [0.3, 0.4) is 0 Å². The second-order valence-corrected chi connectivity index (χ2v) is 6.93. The van der Waals surface area contributed by atoms with Gasteiger partial charge in [-0.15, -0.1) is 11.3 Å². The van der Waals surface area contributed by atoms with Gasteiger partial charge in [0.2, 0.25) is 0 Å². The van der Waals surface area contributed by atoms with Crippen LogP contribution < -0.4 is 11.3 Å². The van der Waals surface area contributed by atoms with Crippen LogP contribution >= 0.6 is 11.3 Å². The molecule has 1 fully saturated rings. The molecule has 1 heterocycles. The zero-order chi connectivity index (χ0) is 13.1. The van der Waals surface area contributed by atoms with Crippen molar-refractivity contribution in [2.45, 2.75) is 52.5 Å². The van der Waals surface area contributed by atoms with Crippen molar-refractivity contribution in [3.05, 3.63) is 16.1 Å². The van der Waals surface area contributed by atoms with Crippen molar-refractivity contribution in [1.29, 1.82) is 0 Å². The van der Waals surface area contributed by atoms with Crippen LogP contribution in [0.15, 0.2) is 5.38 Å². The molecule has 0 aliphatic heterocycles. The summed E-state index contributed by atoms with van der Waals surface area (Å²) in [6.07, 6.45) is 4.88. The molecule has 18 heavy (non-hydrogen) atoms. The number of rotatable bonds is 4. The van der Waals surface area contributed by atoms with Crippen LogP contribution in [0.25, 0.3) is 0 Å². The van der Waals surface area contributed by atoms with Gasteiger partial charge >= 0.3 is 0 Å². The van der Waals surface area contributed by atoms with Crippen molar-refractivity contribution in [3.63, 3.8) is 0 Å². The number of nitrogens with two attached hydrogens (primary N) is 1. The van der Waals surface area contributed by atoms with Crippen LogP contribution in [-0.4, -0.2) is 11.0 Å². The standard InChI is InChI=1S/C14H25N3S/c1-9-4-5-12(6-10(9)2)14(17-15)7-13-8-18-11(3)16-13/h8-10,12,14,17H,4-7,15H2,1-3H3. The van der Waals surface area contributed by atoms with E-state index in [9.17, 15) is 0 Å². The molecule has 2 rings (SSSR count). The fourth-order valence-corrected chi connectivity index (χ4v) is 3.67. The summed E-state index contributed by atoms with van der Waals surface area (Å²) in [5.41, 5.74) is 4.22. The topological polar surface area (TPSA) is 50.9 Å². The second kappa shape index (κ2) is 6.13. The van der Waals surface area contributed by atoms with E-state index in [0.29, 0.717) is 12.0 Å². The van der Waals surface area contributed by atoms with Gasteiger partial charge in [0, 0.05) is 17.8 Å². The lowest BCUT2D eigenvalue weighted by Crippen LogP contribution is -2.44. The quantitative estimate of drug-likeness (QED) is 0.651. The monoisotopic (exact) mass is 267 g/mol. The predicted octanol–water partition coefficient (Wildman–Crippen LogP) is 2.90. The zero-order valence-electron chi connectivity index (χ0n) is 11.6. The van der Waals surface area contributed by atoms with Gasteiger partial charge in [-0.25, -0.2) is 4.98 Å². The van der Waals surface area contributed by atoms with Crippen molar-refractivity contribution < 1.29 is 0 Å².